The molecule has 0 radical (unpaired) electrons. The number of aryl methyl sites for hydroxylation is 1. The molecule has 0 amide bonds. The fourth-order valence-corrected chi connectivity index (χ4v) is 1.44. The summed E-state index contributed by atoms with van der Waals surface area (Å²) in [5.41, 5.74) is 2.95. The van der Waals surface area contributed by atoms with Gasteiger partial charge in [-0.15, -0.1) is 0 Å². The van der Waals surface area contributed by atoms with Crippen molar-refractivity contribution in [2.75, 3.05) is 10.6 Å². The van der Waals surface area contributed by atoms with Crippen LogP contribution in [0, 0.1) is 6.92 Å². The van der Waals surface area contributed by atoms with E-state index in [2.05, 4.69) is 10.6 Å². The number of carboxylic acid groups (broad SMARTS) is 1. The average Bonchev–Trinajstić information content (AvgIpc) is 2.47. The highest BCUT2D eigenvalue weighted by Gasteiger charge is 2.15. The zero-order valence-electron chi connectivity index (χ0n) is 7.66. The average molecular weight is 190 g/mol. The third-order valence-corrected chi connectivity index (χ3v) is 2.07. The molecule has 0 fully saturated rings. The SMILES string of the molecule is Cc1cccc2c1NC(=CC(=O)O)N2. The molecule has 0 bridgehead atoms. The Balaban J connectivity index is 2.35. The molecule has 4 nitrogen and oxygen atoms in total. The van der Waals surface area contributed by atoms with Gasteiger partial charge in [0.2, 0.25) is 0 Å². The van der Waals surface area contributed by atoms with Crippen LogP contribution in [-0.4, -0.2) is 11.1 Å². The lowest BCUT2D eigenvalue weighted by Gasteiger charge is -2.00. The fourth-order valence-electron chi connectivity index (χ4n) is 1.44. The van der Waals surface area contributed by atoms with Crippen LogP contribution >= 0.6 is 0 Å². The molecule has 14 heavy (non-hydrogen) atoms. The van der Waals surface area contributed by atoms with E-state index in [1.165, 1.54) is 0 Å². The maximum atomic E-state index is 10.4. The van der Waals surface area contributed by atoms with E-state index in [9.17, 15) is 4.79 Å². The van der Waals surface area contributed by atoms with E-state index in [1.54, 1.807) is 0 Å². The van der Waals surface area contributed by atoms with Crippen molar-refractivity contribution in [3.05, 3.63) is 35.7 Å². The van der Waals surface area contributed by atoms with Gasteiger partial charge in [0.25, 0.3) is 0 Å². The smallest absolute Gasteiger partial charge is 0.331 e. The zero-order valence-corrected chi connectivity index (χ0v) is 7.66. The Kier molecular flexibility index (Phi) is 1.89. The summed E-state index contributed by atoms with van der Waals surface area (Å²) in [4.78, 5) is 10.4. The minimum absolute atomic E-state index is 0.502. The van der Waals surface area contributed by atoms with Crippen LogP contribution in [0.1, 0.15) is 5.56 Å². The Bertz CT molecular complexity index is 424. The van der Waals surface area contributed by atoms with Gasteiger partial charge in [0.05, 0.1) is 17.5 Å². The van der Waals surface area contributed by atoms with Crippen LogP contribution in [0.5, 0.6) is 0 Å². The second-order valence-electron chi connectivity index (χ2n) is 3.14. The predicted molar refractivity (Wildman–Crippen MR) is 54.1 cm³/mol. The Morgan fingerprint density at radius 2 is 2.21 bits per heavy atom. The van der Waals surface area contributed by atoms with Gasteiger partial charge >= 0.3 is 5.97 Å². The second-order valence-corrected chi connectivity index (χ2v) is 3.14. The van der Waals surface area contributed by atoms with E-state index in [0.717, 1.165) is 23.0 Å². The Morgan fingerprint density at radius 3 is 2.86 bits per heavy atom. The number of hydrogen-bond donors (Lipinski definition) is 3. The first-order valence-corrected chi connectivity index (χ1v) is 4.25. The van der Waals surface area contributed by atoms with Crippen molar-refractivity contribution in [1.82, 2.24) is 0 Å². The minimum Gasteiger partial charge on any atom is -0.478 e. The third-order valence-electron chi connectivity index (χ3n) is 2.07. The highest BCUT2D eigenvalue weighted by Crippen LogP contribution is 2.32. The molecule has 0 saturated carbocycles. The van der Waals surface area contributed by atoms with Crippen LogP contribution in [0.15, 0.2) is 30.1 Å². The molecule has 0 atom stereocenters. The first-order valence-electron chi connectivity index (χ1n) is 4.25. The van der Waals surface area contributed by atoms with Crippen LogP contribution in [0.25, 0.3) is 0 Å². The number of aliphatic carboxylic acids is 1. The normalized spacial score (nSPS) is 15.9. The van der Waals surface area contributed by atoms with Gasteiger partial charge in [-0.2, -0.15) is 0 Å². The molecule has 1 aliphatic rings. The van der Waals surface area contributed by atoms with Crippen LogP contribution in [0.3, 0.4) is 0 Å². The molecule has 0 unspecified atom stereocenters. The van der Waals surface area contributed by atoms with Gasteiger partial charge in [-0.25, -0.2) is 4.79 Å². The maximum Gasteiger partial charge on any atom is 0.331 e. The van der Waals surface area contributed by atoms with E-state index in [-0.39, 0.29) is 0 Å². The van der Waals surface area contributed by atoms with Crippen molar-refractivity contribution in [1.29, 1.82) is 0 Å². The summed E-state index contributed by atoms with van der Waals surface area (Å²) in [6.07, 6.45) is 1.11. The minimum atomic E-state index is -0.967. The Morgan fingerprint density at radius 1 is 1.43 bits per heavy atom. The van der Waals surface area contributed by atoms with Crippen molar-refractivity contribution in [3.8, 4) is 0 Å². The summed E-state index contributed by atoms with van der Waals surface area (Å²) in [7, 11) is 0. The number of carbonyl (C=O) groups is 1. The molecule has 0 saturated heterocycles. The number of carboxylic acids is 1. The van der Waals surface area contributed by atoms with Crippen molar-refractivity contribution >= 4 is 17.3 Å². The molecule has 2 rings (SSSR count). The zero-order chi connectivity index (χ0) is 10.1. The van der Waals surface area contributed by atoms with Gasteiger partial charge in [0.15, 0.2) is 0 Å². The third kappa shape index (κ3) is 1.42. The number of anilines is 2. The summed E-state index contributed by atoms with van der Waals surface area (Å²) in [6, 6.07) is 5.79. The standard InChI is InChI=1S/C10H10N2O2/c1-6-3-2-4-7-10(6)12-8(11-7)5-9(13)14/h2-5,11-12H,1H3,(H,13,14). The largest absolute Gasteiger partial charge is 0.478 e. The molecular weight excluding hydrogens is 180 g/mol. The lowest BCUT2D eigenvalue weighted by Crippen LogP contribution is -2.03. The topological polar surface area (TPSA) is 61.4 Å². The monoisotopic (exact) mass is 190 g/mol. The van der Waals surface area contributed by atoms with Crippen LogP contribution in [0.2, 0.25) is 0 Å². The van der Waals surface area contributed by atoms with Crippen molar-refractivity contribution in [3.63, 3.8) is 0 Å². The molecule has 1 aliphatic heterocycles. The van der Waals surface area contributed by atoms with E-state index in [1.807, 2.05) is 25.1 Å². The number of para-hydroxylation sites is 1. The van der Waals surface area contributed by atoms with Gasteiger partial charge in [-0.05, 0) is 18.6 Å². The second kappa shape index (κ2) is 3.06. The number of nitrogens with one attached hydrogen (secondary N) is 2. The van der Waals surface area contributed by atoms with Gasteiger partial charge in [-0.1, -0.05) is 12.1 Å². The predicted octanol–water partition coefficient (Wildman–Crippen LogP) is 1.76. The van der Waals surface area contributed by atoms with Crippen molar-refractivity contribution in [2.45, 2.75) is 6.92 Å². The summed E-state index contributed by atoms with van der Waals surface area (Å²) in [5, 5.41) is 14.5. The van der Waals surface area contributed by atoms with Gasteiger partial charge < -0.3 is 15.7 Å². The van der Waals surface area contributed by atoms with Gasteiger partial charge in [-0.3, -0.25) is 0 Å². The first kappa shape index (κ1) is 8.62. The van der Waals surface area contributed by atoms with E-state index in [4.69, 9.17) is 5.11 Å². The van der Waals surface area contributed by atoms with E-state index < -0.39 is 5.97 Å². The quantitative estimate of drug-likeness (QED) is 0.590. The highest BCUT2D eigenvalue weighted by atomic mass is 16.4. The lowest BCUT2D eigenvalue weighted by atomic mass is 10.2. The van der Waals surface area contributed by atoms with Crippen LogP contribution < -0.4 is 10.6 Å². The van der Waals surface area contributed by atoms with E-state index >= 15 is 0 Å². The van der Waals surface area contributed by atoms with Crippen LogP contribution in [0.4, 0.5) is 11.4 Å². The summed E-state index contributed by atoms with van der Waals surface area (Å²) in [6.45, 7) is 1.97. The lowest BCUT2D eigenvalue weighted by molar-refractivity contribution is -0.131. The van der Waals surface area contributed by atoms with Crippen molar-refractivity contribution < 1.29 is 9.90 Å². The van der Waals surface area contributed by atoms with E-state index in [0.29, 0.717) is 5.82 Å². The summed E-state index contributed by atoms with van der Waals surface area (Å²) < 4.78 is 0. The summed E-state index contributed by atoms with van der Waals surface area (Å²) in [5.74, 6) is -0.466. The molecule has 1 aromatic rings. The Labute approximate surface area is 81.3 Å². The number of fused-ring (bicyclic) bond motifs is 1. The molecule has 0 aliphatic carbocycles. The molecule has 1 heterocycles. The molecule has 1 aromatic carbocycles. The first-order chi connectivity index (χ1) is 6.66. The van der Waals surface area contributed by atoms with Gasteiger partial charge in [0, 0.05) is 0 Å². The van der Waals surface area contributed by atoms with Crippen molar-refractivity contribution in [2.24, 2.45) is 0 Å². The van der Waals surface area contributed by atoms with Crippen LogP contribution in [-0.2, 0) is 4.79 Å². The molecule has 4 heteroatoms. The molecule has 0 spiro atoms. The molecule has 72 valence electrons. The number of benzene rings is 1. The maximum absolute atomic E-state index is 10.4. The summed E-state index contributed by atoms with van der Waals surface area (Å²) >= 11 is 0. The molecular formula is C10H10N2O2. The molecule has 3 N–H and O–H groups in total. The molecule has 0 aromatic heterocycles. The Hall–Kier alpha value is -1.97. The highest BCUT2D eigenvalue weighted by molar-refractivity contribution is 5.88. The number of rotatable bonds is 1. The van der Waals surface area contributed by atoms with Gasteiger partial charge in [0.1, 0.15) is 5.82 Å². The fraction of sp³-hybridized carbons (Fsp3) is 0.100. The number of hydrogen-bond acceptors (Lipinski definition) is 3.